The van der Waals surface area contributed by atoms with Crippen LogP contribution in [0.4, 0.5) is 15.3 Å². The topological polar surface area (TPSA) is 64.1 Å². The van der Waals surface area contributed by atoms with E-state index in [1.165, 1.54) is 17.5 Å². The maximum Gasteiger partial charge on any atom is 0.411 e. The van der Waals surface area contributed by atoms with Crippen LogP contribution in [-0.2, 0) is 13.1 Å². The maximum atomic E-state index is 12.8. The van der Waals surface area contributed by atoms with E-state index in [1.54, 1.807) is 17.0 Å². The number of amides is 3. The molecule has 0 atom stereocenters. The van der Waals surface area contributed by atoms with Crippen molar-refractivity contribution in [3.8, 4) is 0 Å². The number of carbonyl (C=O) groups excluding carboxylic acids is 1. The van der Waals surface area contributed by atoms with Gasteiger partial charge in [0.2, 0.25) is 0 Å². The van der Waals surface area contributed by atoms with E-state index in [4.69, 9.17) is 0 Å². The number of rotatable bonds is 5. The zero-order chi connectivity index (χ0) is 18.7. The number of urea groups is 1. The van der Waals surface area contributed by atoms with Crippen LogP contribution in [-0.4, -0.2) is 47.2 Å². The van der Waals surface area contributed by atoms with E-state index in [9.17, 15) is 14.7 Å². The summed E-state index contributed by atoms with van der Waals surface area (Å²) in [5, 5.41) is 9.24. The summed E-state index contributed by atoms with van der Waals surface area (Å²) in [6.07, 6.45) is -1.02. The highest BCUT2D eigenvalue weighted by molar-refractivity contribution is 5.86. The molecule has 0 spiro atoms. The van der Waals surface area contributed by atoms with Crippen LogP contribution in [0, 0.1) is 6.92 Å². The van der Waals surface area contributed by atoms with Gasteiger partial charge in [-0.1, -0.05) is 42.5 Å². The van der Waals surface area contributed by atoms with Crippen molar-refractivity contribution in [3.05, 3.63) is 65.2 Å². The molecule has 0 bridgehead atoms. The van der Waals surface area contributed by atoms with Crippen molar-refractivity contribution in [2.24, 2.45) is 0 Å². The van der Waals surface area contributed by atoms with Gasteiger partial charge in [-0.2, -0.15) is 0 Å². The van der Waals surface area contributed by atoms with Crippen LogP contribution >= 0.6 is 0 Å². The number of carbonyl (C=O) groups is 2. The molecule has 6 nitrogen and oxygen atoms in total. The lowest BCUT2D eigenvalue weighted by molar-refractivity contribution is 0.189. The molecule has 1 N–H and O–H groups in total. The van der Waals surface area contributed by atoms with E-state index in [1.807, 2.05) is 48.2 Å². The molecule has 0 radical (unpaired) electrons. The Labute approximate surface area is 153 Å². The van der Waals surface area contributed by atoms with Gasteiger partial charge in [-0.05, 0) is 29.7 Å². The molecular weight excluding hydrogens is 330 g/mol. The van der Waals surface area contributed by atoms with Crippen molar-refractivity contribution in [2.75, 3.05) is 25.0 Å². The van der Waals surface area contributed by atoms with Gasteiger partial charge < -0.3 is 14.9 Å². The van der Waals surface area contributed by atoms with E-state index in [-0.39, 0.29) is 6.03 Å². The molecule has 0 aliphatic carbocycles. The van der Waals surface area contributed by atoms with Gasteiger partial charge in [-0.3, -0.25) is 4.90 Å². The zero-order valence-corrected chi connectivity index (χ0v) is 15.1. The third-order valence-corrected chi connectivity index (χ3v) is 4.80. The summed E-state index contributed by atoms with van der Waals surface area (Å²) >= 11 is 0. The average molecular weight is 353 g/mol. The minimum Gasteiger partial charge on any atom is -0.465 e. The summed E-state index contributed by atoms with van der Waals surface area (Å²) in [6, 6.07) is 15.3. The summed E-state index contributed by atoms with van der Waals surface area (Å²) in [7, 11) is 1.51. The minimum absolute atomic E-state index is 0.0129. The van der Waals surface area contributed by atoms with E-state index < -0.39 is 6.09 Å². The van der Waals surface area contributed by atoms with Gasteiger partial charge >= 0.3 is 12.1 Å². The Morgan fingerprint density at radius 2 is 1.54 bits per heavy atom. The quantitative estimate of drug-likeness (QED) is 0.894. The number of nitrogens with zero attached hydrogens (tertiary/aromatic N) is 3. The molecule has 1 aliphatic heterocycles. The first-order chi connectivity index (χ1) is 12.5. The SMILES string of the molecule is Cc1ccccc1CN1CCN(Cc2ccccc2N(C)C(=O)O)C1=O. The summed E-state index contributed by atoms with van der Waals surface area (Å²) in [4.78, 5) is 28.8. The monoisotopic (exact) mass is 353 g/mol. The number of aryl methyl sites for hydroxylation is 1. The Morgan fingerprint density at radius 3 is 2.15 bits per heavy atom. The van der Waals surface area contributed by atoms with Crippen LogP contribution in [0.3, 0.4) is 0 Å². The van der Waals surface area contributed by atoms with Crippen LogP contribution in [0.1, 0.15) is 16.7 Å². The first kappa shape index (κ1) is 17.8. The number of para-hydroxylation sites is 1. The molecule has 2 aromatic rings. The second-order valence-corrected chi connectivity index (χ2v) is 6.52. The lowest BCUT2D eigenvalue weighted by Gasteiger charge is -2.22. The summed E-state index contributed by atoms with van der Waals surface area (Å²) in [6.45, 7) is 4.35. The number of hydrogen-bond acceptors (Lipinski definition) is 2. The molecule has 1 heterocycles. The largest absolute Gasteiger partial charge is 0.465 e. The maximum absolute atomic E-state index is 12.8. The highest BCUT2D eigenvalue weighted by atomic mass is 16.4. The van der Waals surface area contributed by atoms with Crippen LogP contribution in [0.15, 0.2) is 48.5 Å². The van der Waals surface area contributed by atoms with E-state index >= 15 is 0 Å². The molecule has 6 heteroatoms. The molecule has 1 aliphatic rings. The molecular formula is C20H23N3O3. The smallest absolute Gasteiger partial charge is 0.411 e. The van der Waals surface area contributed by atoms with Gasteiger partial charge in [0.25, 0.3) is 0 Å². The van der Waals surface area contributed by atoms with Crippen molar-refractivity contribution in [1.29, 1.82) is 0 Å². The minimum atomic E-state index is -1.02. The predicted octanol–water partition coefficient (Wildman–Crippen LogP) is 3.55. The average Bonchev–Trinajstić information content (AvgIpc) is 2.97. The second kappa shape index (κ2) is 7.47. The Hall–Kier alpha value is -3.02. The van der Waals surface area contributed by atoms with Crippen LogP contribution in [0.5, 0.6) is 0 Å². The summed E-state index contributed by atoms with van der Waals surface area (Å²) in [5.41, 5.74) is 3.74. The fourth-order valence-electron chi connectivity index (χ4n) is 3.20. The van der Waals surface area contributed by atoms with Crippen molar-refractivity contribution in [3.63, 3.8) is 0 Å². The van der Waals surface area contributed by atoms with Gasteiger partial charge in [0.1, 0.15) is 0 Å². The van der Waals surface area contributed by atoms with Crippen molar-refractivity contribution >= 4 is 17.8 Å². The van der Waals surface area contributed by atoms with Gasteiger partial charge in [-0.15, -0.1) is 0 Å². The molecule has 1 fully saturated rings. The van der Waals surface area contributed by atoms with Crippen LogP contribution in [0.2, 0.25) is 0 Å². The lowest BCUT2D eigenvalue weighted by atomic mass is 10.1. The second-order valence-electron chi connectivity index (χ2n) is 6.52. The van der Waals surface area contributed by atoms with E-state index in [0.717, 1.165) is 11.1 Å². The Kier molecular flexibility index (Phi) is 5.11. The number of carboxylic acid groups (broad SMARTS) is 1. The molecule has 26 heavy (non-hydrogen) atoms. The molecule has 3 amide bonds. The van der Waals surface area contributed by atoms with Gasteiger partial charge in [0, 0.05) is 33.2 Å². The Morgan fingerprint density at radius 1 is 1.00 bits per heavy atom. The third-order valence-electron chi connectivity index (χ3n) is 4.80. The molecule has 0 saturated carbocycles. The normalized spacial score (nSPS) is 14.0. The highest BCUT2D eigenvalue weighted by Gasteiger charge is 2.29. The molecule has 0 unspecified atom stereocenters. The van der Waals surface area contributed by atoms with Crippen molar-refractivity contribution < 1.29 is 14.7 Å². The number of anilines is 1. The summed E-state index contributed by atoms with van der Waals surface area (Å²) < 4.78 is 0. The van der Waals surface area contributed by atoms with E-state index in [2.05, 4.69) is 0 Å². The number of hydrogen-bond donors (Lipinski definition) is 1. The summed E-state index contributed by atoms with van der Waals surface area (Å²) in [5.74, 6) is 0. The first-order valence-electron chi connectivity index (χ1n) is 8.60. The van der Waals surface area contributed by atoms with Gasteiger partial charge in [0.15, 0.2) is 0 Å². The molecule has 1 saturated heterocycles. The van der Waals surface area contributed by atoms with Gasteiger partial charge in [0.05, 0.1) is 5.69 Å². The third kappa shape index (κ3) is 3.64. The molecule has 0 aromatic heterocycles. The van der Waals surface area contributed by atoms with Crippen LogP contribution in [0.25, 0.3) is 0 Å². The van der Waals surface area contributed by atoms with E-state index in [0.29, 0.717) is 31.9 Å². The van der Waals surface area contributed by atoms with Crippen molar-refractivity contribution in [1.82, 2.24) is 9.80 Å². The molecule has 3 rings (SSSR count). The fourth-order valence-corrected chi connectivity index (χ4v) is 3.20. The molecule has 2 aromatic carbocycles. The Balaban J connectivity index is 1.72. The van der Waals surface area contributed by atoms with Crippen LogP contribution < -0.4 is 4.90 Å². The standard InChI is InChI=1S/C20H23N3O3/c1-15-7-3-4-8-16(15)13-22-11-12-23(19(22)24)14-17-9-5-6-10-18(17)21(2)20(25)26/h3-10H,11-14H2,1-2H3,(H,25,26). The predicted molar refractivity (Wildman–Crippen MR) is 100 cm³/mol. The Bertz CT molecular complexity index is 821. The first-order valence-corrected chi connectivity index (χ1v) is 8.60. The molecule has 136 valence electrons. The lowest BCUT2D eigenvalue weighted by Crippen LogP contribution is -2.32. The van der Waals surface area contributed by atoms with Crippen molar-refractivity contribution in [2.45, 2.75) is 20.0 Å². The van der Waals surface area contributed by atoms with Gasteiger partial charge in [-0.25, -0.2) is 9.59 Å². The zero-order valence-electron chi connectivity index (χ0n) is 15.1. The highest BCUT2D eigenvalue weighted by Crippen LogP contribution is 2.24. The fraction of sp³-hybridized carbons (Fsp3) is 0.300. The number of benzene rings is 2.